The van der Waals surface area contributed by atoms with Crippen LogP contribution in [0.5, 0.6) is 5.75 Å². The highest BCUT2D eigenvalue weighted by atomic mass is 35.5. The largest absolute Gasteiger partial charge is 0.495 e. The first-order valence-electron chi connectivity index (χ1n) is 8.70. The molecule has 1 aliphatic rings. The fourth-order valence-electron chi connectivity index (χ4n) is 3.08. The summed E-state index contributed by atoms with van der Waals surface area (Å²) in [7, 11) is 1.49. The SMILES string of the molecule is COc1ccc(NC(C)=O)cc1NC(=O)[C@@H]1CC(=O)N(c2ccc(Cl)cc2)C1. The standard InChI is InChI=1S/C20H20ClN3O4/c1-12(25)22-15-5-8-18(28-2)17(10-15)23-20(27)13-9-19(26)24(11-13)16-6-3-14(21)4-7-16/h3-8,10,13H,9,11H2,1-2H3,(H,22,25)(H,23,27)/t13-/m1/s1. The number of carbonyl (C=O) groups excluding carboxylic acids is 3. The van der Waals surface area contributed by atoms with E-state index in [1.165, 1.54) is 14.0 Å². The molecule has 0 aliphatic carbocycles. The van der Waals surface area contributed by atoms with Gasteiger partial charge in [-0.1, -0.05) is 11.6 Å². The molecule has 0 bridgehead atoms. The first kappa shape index (κ1) is 19.7. The quantitative estimate of drug-likeness (QED) is 0.804. The molecule has 0 aromatic heterocycles. The number of ether oxygens (including phenoxy) is 1. The van der Waals surface area contributed by atoms with E-state index in [4.69, 9.17) is 16.3 Å². The van der Waals surface area contributed by atoms with Gasteiger partial charge in [0.25, 0.3) is 0 Å². The molecule has 1 atom stereocenters. The van der Waals surface area contributed by atoms with Crippen molar-refractivity contribution in [2.24, 2.45) is 5.92 Å². The second-order valence-electron chi connectivity index (χ2n) is 6.47. The van der Waals surface area contributed by atoms with E-state index in [0.717, 1.165) is 0 Å². The van der Waals surface area contributed by atoms with Crippen molar-refractivity contribution in [2.75, 3.05) is 29.2 Å². The molecule has 1 aliphatic heterocycles. The minimum Gasteiger partial charge on any atom is -0.495 e. The number of rotatable bonds is 5. The Morgan fingerprint density at radius 1 is 1.14 bits per heavy atom. The average molecular weight is 402 g/mol. The summed E-state index contributed by atoms with van der Waals surface area (Å²) in [4.78, 5) is 37.9. The lowest BCUT2D eigenvalue weighted by Crippen LogP contribution is -2.28. The Morgan fingerprint density at radius 2 is 1.86 bits per heavy atom. The van der Waals surface area contributed by atoms with E-state index in [-0.39, 0.29) is 30.7 Å². The number of halogens is 1. The zero-order valence-corrected chi connectivity index (χ0v) is 16.2. The zero-order chi connectivity index (χ0) is 20.3. The third-order valence-corrected chi connectivity index (χ3v) is 4.66. The molecule has 2 aromatic rings. The third kappa shape index (κ3) is 4.43. The van der Waals surface area contributed by atoms with Crippen LogP contribution in [0.25, 0.3) is 0 Å². The maximum absolute atomic E-state index is 12.7. The zero-order valence-electron chi connectivity index (χ0n) is 15.5. The number of anilines is 3. The van der Waals surface area contributed by atoms with Crippen LogP contribution in [0.1, 0.15) is 13.3 Å². The number of amides is 3. The molecule has 0 unspecified atom stereocenters. The van der Waals surface area contributed by atoms with Crippen LogP contribution in [0.3, 0.4) is 0 Å². The fraction of sp³-hybridized carbons (Fsp3) is 0.250. The molecule has 1 saturated heterocycles. The predicted octanol–water partition coefficient (Wildman–Crippen LogP) is 3.30. The maximum Gasteiger partial charge on any atom is 0.229 e. The van der Waals surface area contributed by atoms with E-state index in [1.54, 1.807) is 47.4 Å². The van der Waals surface area contributed by atoms with Crippen LogP contribution in [-0.4, -0.2) is 31.4 Å². The Bertz CT molecular complexity index is 914. The van der Waals surface area contributed by atoms with Crippen LogP contribution in [0.4, 0.5) is 17.1 Å². The van der Waals surface area contributed by atoms with Crippen LogP contribution < -0.4 is 20.3 Å². The monoisotopic (exact) mass is 401 g/mol. The van der Waals surface area contributed by atoms with Crippen molar-refractivity contribution in [2.45, 2.75) is 13.3 Å². The average Bonchev–Trinajstić information content (AvgIpc) is 3.04. The van der Waals surface area contributed by atoms with Crippen molar-refractivity contribution in [1.29, 1.82) is 0 Å². The van der Waals surface area contributed by atoms with Crippen LogP contribution in [0.15, 0.2) is 42.5 Å². The fourth-order valence-corrected chi connectivity index (χ4v) is 3.20. The summed E-state index contributed by atoms with van der Waals surface area (Å²) in [5.41, 5.74) is 1.67. The van der Waals surface area contributed by atoms with Gasteiger partial charge in [0.1, 0.15) is 5.75 Å². The molecule has 1 fully saturated rings. The number of methoxy groups -OCH3 is 1. The molecule has 7 nitrogen and oxygen atoms in total. The van der Waals surface area contributed by atoms with Gasteiger partial charge < -0.3 is 20.3 Å². The third-order valence-electron chi connectivity index (χ3n) is 4.41. The second-order valence-corrected chi connectivity index (χ2v) is 6.90. The first-order valence-corrected chi connectivity index (χ1v) is 9.07. The number of benzene rings is 2. The topological polar surface area (TPSA) is 87.7 Å². The molecule has 1 heterocycles. The predicted molar refractivity (Wildman–Crippen MR) is 108 cm³/mol. The van der Waals surface area contributed by atoms with Gasteiger partial charge in [-0.3, -0.25) is 14.4 Å². The van der Waals surface area contributed by atoms with Gasteiger partial charge in [0.2, 0.25) is 17.7 Å². The van der Waals surface area contributed by atoms with Crippen molar-refractivity contribution in [3.05, 3.63) is 47.5 Å². The van der Waals surface area contributed by atoms with E-state index in [1.807, 2.05) is 0 Å². The van der Waals surface area contributed by atoms with Crippen molar-refractivity contribution in [3.63, 3.8) is 0 Å². The molecular formula is C20H20ClN3O4. The Hall–Kier alpha value is -3.06. The van der Waals surface area contributed by atoms with Gasteiger partial charge in [0.05, 0.1) is 18.7 Å². The first-order chi connectivity index (χ1) is 13.4. The van der Waals surface area contributed by atoms with Crippen LogP contribution in [-0.2, 0) is 14.4 Å². The number of nitrogens with zero attached hydrogens (tertiary/aromatic N) is 1. The minimum atomic E-state index is -0.502. The van der Waals surface area contributed by atoms with E-state index < -0.39 is 5.92 Å². The molecule has 8 heteroatoms. The van der Waals surface area contributed by atoms with E-state index in [9.17, 15) is 14.4 Å². The summed E-state index contributed by atoms with van der Waals surface area (Å²) in [6.45, 7) is 1.68. The normalized spacial score (nSPS) is 16.0. The van der Waals surface area contributed by atoms with Crippen molar-refractivity contribution < 1.29 is 19.1 Å². The highest BCUT2D eigenvalue weighted by Gasteiger charge is 2.35. The number of nitrogens with one attached hydrogen (secondary N) is 2. The lowest BCUT2D eigenvalue weighted by atomic mass is 10.1. The summed E-state index contributed by atoms with van der Waals surface area (Å²) >= 11 is 5.89. The number of carbonyl (C=O) groups is 3. The van der Waals surface area contributed by atoms with Gasteiger partial charge in [-0.15, -0.1) is 0 Å². The Kier molecular flexibility index (Phi) is 5.84. The van der Waals surface area contributed by atoms with E-state index >= 15 is 0 Å². The molecule has 0 spiro atoms. The van der Waals surface area contributed by atoms with Crippen molar-refractivity contribution in [3.8, 4) is 5.75 Å². The highest BCUT2D eigenvalue weighted by molar-refractivity contribution is 6.30. The molecule has 3 amide bonds. The van der Waals surface area contributed by atoms with E-state index in [0.29, 0.717) is 27.8 Å². The molecular weight excluding hydrogens is 382 g/mol. The summed E-state index contributed by atoms with van der Waals surface area (Å²) in [5.74, 6) is -0.675. The van der Waals surface area contributed by atoms with Gasteiger partial charge in [-0.25, -0.2) is 0 Å². The molecule has 3 rings (SSSR count). The number of hydrogen-bond acceptors (Lipinski definition) is 4. The lowest BCUT2D eigenvalue weighted by Gasteiger charge is -2.17. The Balaban J connectivity index is 1.73. The molecule has 2 aromatic carbocycles. The molecule has 0 saturated carbocycles. The summed E-state index contributed by atoms with van der Waals surface area (Å²) < 4.78 is 5.27. The maximum atomic E-state index is 12.7. The molecule has 146 valence electrons. The summed E-state index contributed by atoms with van der Waals surface area (Å²) in [5, 5.41) is 6.04. The molecule has 28 heavy (non-hydrogen) atoms. The summed E-state index contributed by atoms with van der Waals surface area (Å²) in [6, 6.07) is 11.9. The highest BCUT2D eigenvalue weighted by Crippen LogP contribution is 2.31. The molecule has 0 radical (unpaired) electrons. The number of hydrogen-bond donors (Lipinski definition) is 2. The van der Waals surface area contributed by atoms with Gasteiger partial charge in [-0.05, 0) is 42.5 Å². The van der Waals surface area contributed by atoms with Crippen LogP contribution >= 0.6 is 11.6 Å². The van der Waals surface area contributed by atoms with Crippen LogP contribution in [0, 0.1) is 5.92 Å². The molecule has 2 N–H and O–H groups in total. The smallest absolute Gasteiger partial charge is 0.229 e. The summed E-state index contributed by atoms with van der Waals surface area (Å²) in [6.07, 6.45) is 0.113. The van der Waals surface area contributed by atoms with Crippen molar-refractivity contribution in [1.82, 2.24) is 0 Å². The van der Waals surface area contributed by atoms with Gasteiger partial charge in [0, 0.05) is 36.3 Å². The van der Waals surface area contributed by atoms with Crippen LogP contribution in [0.2, 0.25) is 5.02 Å². The Labute approximate surface area is 167 Å². The van der Waals surface area contributed by atoms with Gasteiger partial charge in [0.15, 0.2) is 0 Å². The van der Waals surface area contributed by atoms with Gasteiger partial charge >= 0.3 is 0 Å². The van der Waals surface area contributed by atoms with Crippen molar-refractivity contribution >= 4 is 46.4 Å². The Morgan fingerprint density at radius 3 is 2.50 bits per heavy atom. The second kappa shape index (κ2) is 8.31. The lowest BCUT2D eigenvalue weighted by molar-refractivity contribution is -0.122. The minimum absolute atomic E-state index is 0.113. The van der Waals surface area contributed by atoms with E-state index in [2.05, 4.69) is 10.6 Å². The van der Waals surface area contributed by atoms with Gasteiger partial charge in [-0.2, -0.15) is 0 Å².